The fourth-order valence-electron chi connectivity index (χ4n) is 3.65. The average Bonchev–Trinajstić information content (AvgIpc) is 2.64. The molecule has 0 saturated heterocycles. The highest BCUT2D eigenvalue weighted by molar-refractivity contribution is 5.93. The number of carbonyl (C=O) groups is 1. The SMILES string of the molecule is Cc1cc(C)c(NC(=O)CN(C)Cc2cc([N+](=O)[O-])cc3c2OCOC3)c(C)c1. The third-order valence-corrected chi connectivity index (χ3v) is 4.78. The summed E-state index contributed by atoms with van der Waals surface area (Å²) in [6.45, 7) is 6.80. The minimum absolute atomic E-state index is 0.0170. The largest absolute Gasteiger partial charge is 0.467 e. The van der Waals surface area contributed by atoms with Crippen LogP contribution in [-0.2, 0) is 22.7 Å². The van der Waals surface area contributed by atoms with Crippen molar-refractivity contribution in [3.8, 4) is 5.75 Å². The van der Waals surface area contributed by atoms with Gasteiger partial charge in [0.15, 0.2) is 6.79 Å². The molecule has 0 unspecified atom stereocenters. The van der Waals surface area contributed by atoms with Gasteiger partial charge in [-0.15, -0.1) is 0 Å². The number of benzene rings is 2. The third kappa shape index (κ3) is 4.90. The van der Waals surface area contributed by atoms with Gasteiger partial charge in [-0.3, -0.25) is 19.8 Å². The summed E-state index contributed by atoms with van der Waals surface area (Å²) in [6.07, 6.45) is 0. The molecule has 1 aliphatic heterocycles. The lowest BCUT2D eigenvalue weighted by atomic mass is 10.0. The zero-order chi connectivity index (χ0) is 21.1. The van der Waals surface area contributed by atoms with E-state index in [0.29, 0.717) is 23.4 Å². The molecule has 0 radical (unpaired) electrons. The van der Waals surface area contributed by atoms with E-state index in [1.807, 2.05) is 32.9 Å². The van der Waals surface area contributed by atoms with Crippen LogP contribution in [0.1, 0.15) is 27.8 Å². The molecule has 8 nitrogen and oxygen atoms in total. The van der Waals surface area contributed by atoms with Crippen LogP contribution in [-0.4, -0.2) is 36.1 Å². The molecule has 0 aromatic heterocycles. The van der Waals surface area contributed by atoms with E-state index < -0.39 is 4.92 Å². The first-order valence-corrected chi connectivity index (χ1v) is 9.31. The van der Waals surface area contributed by atoms with E-state index in [9.17, 15) is 14.9 Å². The van der Waals surface area contributed by atoms with Gasteiger partial charge in [0.1, 0.15) is 5.75 Å². The van der Waals surface area contributed by atoms with Gasteiger partial charge in [-0.05, 0) is 38.9 Å². The first kappa shape index (κ1) is 20.8. The molecule has 2 aromatic carbocycles. The normalized spacial score (nSPS) is 13.0. The second-order valence-corrected chi connectivity index (χ2v) is 7.46. The molecule has 1 amide bonds. The second kappa shape index (κ2) is 8.59. The van der Waals surface area contributed by atoms with Crippen LogP contribution in [0.2, 0.25) is 0 Å². The topological polar surface area (TPSA) is 93.9 Å². The standard InChI is InChI=1S/C21H25N3O5/c1-13-5-14(2)20(15(3)6-13)22-19(25)10-23(4)9-16-7-18(24(26)27)8-17-11-28-12-29-21(16)17/h5-8H,9-12H2,1-4H3,(H,22,25). The Morgan fingerprint density at radius 1 is 1.21 bits per heavy atom. The number of amides is 1. The number of ether oxygens (including phenoxy) is 2. The van der Waals surface area contributed by atoms with Crippen LogP contribution in [0.15, 0.2) is 24.3 Å². The Bertz CT molecular complexity index is 935. The van der Waals surface area contributed by atoms with Crippen LogP contribution in [0.3, 0.4) is 0 Å². The van der Waals surface area contributed by atoms with Crippen molar-refractivity contribution in [1.29, 1.82) is 0 Å². The number of nitro benzene ring substituents is 1. The van der Waals surface area contributed by atoms with E-state index in [1.165, 1.54) is 12.1 Å². The number of nitro groups is 1. The first-order chi connectivity index (χ1) is 13.7. The van der Waals surface area contributed by atoms with Crippen LogP contribution >= 0.6 is 0 Å². The van der Waals surface area contributed by atoms with E-state index in [-0.39, 0.29) is 31.5 Å². The van der Waals surface area contributed by atoms with Gasteiger partial charge in [-0.2, -0.15) is 0 Å². The van der Waals surface area contributed by atoms with Crippen molar-refractivity contribution in [2.75, 3.05) is 25.7 Å². The van der Waals surface area contributed by atoms with Gasteiger partial charge in [0.25, 0.3) is 5.69 Å². The Hall–Kier alpha value is -2.97. The summed E-state index contributed by atoms with van der Waals surface area (Å²) >= 11 is 0. The Kier molecular flexibility index (Phi) is 6.14. The number of non-ortho nitro benzene ring substituents is 1. The summed E-state index contributed by atoms with van der Waals surface area (Å²) < 4.78 is 10.8. The highest BCUT2D eigenvalue weighted by Crippen LogP contribution is 2.33. The molecule has 0 spiro atoms. The molecule has 0 bridgehead atoms. The number of rotatable bonds is 6. The molecule has 0 atom stereocenters. The van der Waals surface area contributed by atoms with E-state index in [0.717, 1.165) is 22.4 Å². The maximum atomic E-state index is 12.6. The van der Waals surface area contributed by atoms with Crippen LogP contribution < -0.4 is 10.1 Å². The van der Waals surface area contributed by atoms with Crippen molar-refractivity contribution in [2.24, 2.45) is 0 Å². The maximum Gasteiger partial charge on any atom is 0.270 e. The molecule has 0 aliphatic carbocycles. The average molecular weight is 399 g/mol. The number of aryl methyl sites for hydroxylation is 3. The smallest absolute Gasteiger partial charge is 0.270 e. The summed E-state index contributed by atoms with van der Waals surface area (Å²) in [5.41, 5.74) is 5.28. The highest BCUT2D eigenvalue weighted by atomic mass is 16.7. The fraction of sp³-hybridized carbons (Fsp3) is 0.381. The summed E-state index contributed by atoms with van der Waals surface area (Å²) in [6, 6.07) is 7.02. The van der Waals surface area contributed by atoms with Crippen molar-refractivity contribution in [3.63, 3.8) is 0 Å². The predicted octanol–water partition coefficient (Wildman–Crippen LogP) is 3.46. The van der Waals surface area contributed by atoms with E-state index >= 15 is 0 Å². The molecule has 1 aliphatic rings. The van der Waals surface area contributed by atoms with Crippen molar-refractivity contribution < 1.29 is 19.2 Å². The number of anilines is 1. The van der Waals surface area contributed by atoms with Gasteiger partial charge in [0, 0.05) is 35.5 Å². The lowest BCUT2D eigenvalue weighted by Crippen LogP contribution is -2.30. The molecule has 0 fully saturated rings. The molecule has 29 heavy (non-hydrogen) atoms. The molecule has 0 saturated carbocycles. The molecular formula is C21H25N3O5. The molecule has 1 N–H and O–H groups in total. The van der Waals surface area contributed by atoms with Crippen molar-refractivity contribution >= 4 is 17.3 Å². The minimum atomic E-state index is -0.436. The number of carbonyl (C=O) groups excluding carboxylic acids is 1. The Morgan fingerprint density at radius 2 is 1.90 bits per heavy atom. The van der Waals surface area contributed by atoms with Gasteiger partial charge in [-0.1, -0.05) is 17.7 Å². The number of hydrogen-bond acceptors (Lipinski definition) is 6. The van der Waals surface area contributed by atoms with Crippen LogP contribution in [0.4, 0.5) is 11.4 Å². The van der Waals surface area contributed by atoms with Gasteiger partial charge in [0.2, 0.25) is 5.91 Å². The fourth-order valence-corrected chi connectivity index (χ4v) is 3.65. The van der Waals surface area contributed by atoms with E-state index in [1.54, 1.807) is 11.9 Å². The summed E-state index contributed by atoms with van der Waals surface area (Å²) in [4.78, 5) is 25.2. The Morgan fingerprint density at radius 3 is 2.55 bits per heavy atom. The summed E-state index contributed by atoms with van der Waals surface area (Å²) in [5, 5.41) is 14.2. The molecule has 8 heteroatoms. The molecule has 3 rings (SSSR count). The third-order valence-electron chi connectivity index (χ3n) is 4.78. The summed E-state index contributed by atoms with van der Waals surface area (Å²) in [5.74, 6) is 0.449. The van der Waals surface area contributed by atoms with Crippen LogP contribution in [0.5, 0.6) is 5.75 Å². The number of likely N-dealkylation sites (N-methyl/N-ethyl adjacent to an activating group) is 1. The number of fused-ring (bicyclic) bond motifs is 1. The van der Waals surface area contributed by atoms with Crippen molar-refractivity contribution in [1.82, 2.24) is 4.90 Å². The lowest BCUT2D eigenvalue weighted by molar-refractivity contribution is -0.385. The van der Waals surface area contributed by atoms with Crippen molar-refractivity contribution in [2.45, 2.75) is 33.9 Å². The monoisotopic (exact) mass is 399 g/mol. The lowest BCUT2D eigenvalue weighted by Gasteiger charge is -2.23. The first-order valence-electron chi connectivity index (χ1n) is 9.31. The maximum absolute atomic E-state index is 12.6. The summed E-state index contributed by atoms with van der Waals surface area (Å²) in [7, 11) is 1.79. The number of nitrogens with zero attached hydrogens (tertiary/aromatic N) is 2. The van der Waals surface area contributed by atoms with Crippen molar-refractivity contribution in [3.05, 3.63) is 62.2 Å². The Labute approximate surface area is 169 Å². The molecule has 2 aromatic rings. The van der Waals surface area contributed by atoms with Gasteiger partial charge >= 0.3 is 0 Å². The predicted molar refractivity (Wildman–Crippen MR) is 109 cm³/mol. The zero-order valence-corrected chi connectivity index (χ0v) is 17.1. The number of hydrogen-bond donors (Lipinski definition) is 1. The van der Waals surface area contributed by atoms with Gasteiger partial charge in [-0.25, -0.2) is 0 Å². The Balaban J connectivity index is 1.72. The molecule has 154 valence electrons. The quantitative estimate of drug-likeness (QED) is 0.591. The van der Waals surface area contributed by atoms with E-state index in [2.05, 4.69) is 5.32 Å². The second-order valence-electron chi connectivity index (χ2n) is 7.46. The molecular weight excluding hydrogens is 374 g/mol. The van der Waals surface area contributed by atoms with Crippen LogP contribution in [0.25, 0.3) is 0 Å². The van der Waals surface area contributed by atoms with Gasteiger partial charge in [0.05, 0.1) is 18.1 Å². The zero-order valence-electron chi connectivity index (χ0n) is 17.1. The number of nitrogens with one attached hydrogen (secondary N) is 1. The van der Waals surface area contributed by atoms with Crippen LogP contribution in [0, 0.1) is 30.9 Å². The van der Waals surface area contributed by atoms with E-state index in [4.69, 9.17) is 9.47 Å². The molecule has 1 heterocycles. The van der Waals surface area contributed by atoms with Gasteiger partial charge < -0.3 is 14.8 Å². The minimum Gasteiger partial charge on any atom is -0.467 e. The highest BCUT2D eigenvalue weighted by Gasteiger charge is 2.22.